The van der Waals surface area contributed by atoms with Crippen molar-refractivity contribution in [2.24, 2.45) is 0 Å². The lowest BCUT2D eigenvalue weighted by Gasteiger charge is -2.08. The quantitative estimate of drug-likeness (QED) is 0.587. The van der Waals surface area contributed by atoms with Crippen molar-refractivity contribution < 1.29 is 0 Å². The normalized spacial score (nSPS) is 11.4. The minimum atomic E-state index is -0.178. The van der Waals surface area contributed by atoms with Gasteiger partial charge in [0.2, 0.25) is 0 Å². The molecule has 0 fully saturated rings. The summed E-state index contributed by atoms with van der Waals surface area (Å²) in [5.41, 5.74) is 1.32. The number of aromatic amines is 1. The number of para-hydroxylation sites is 1. The first-order valence-electron chi connectivity index (χ1n) is 6.77. The average Bonchev–Trinajstić information content (AvgIpc) is 2.92. The fourth-order valence-electron chi connectivity index (χ4n) is 2.64. The van der Waals surface area contributed by atoms with Crippen molar-refractivity contribution in [3.8, 4) is 5.82 Å². The molecule has 5 nitrogen and oxygen atoms in total. The second-order valence-electron chi connectivity index (χ2n) is 5.05. The van der Waals surface area contributed by atoms with Gasteiger partial charge in [-0.05, 0) is 37.3 Å². The van der Waals surface area contributed by atoms with Gasteiger partial charge >= 0.3 is 0 Å². The van der Waals surface area contributed by atoms with Gasteiger partial charge in [0.15, 0.2) is 5.82 Å². The maximum Gasteiger partial charge on any atom is 0.267 e. The SMILES string of the molecule is Cc1nc2ccc(Cl)cc2c(=O)n1-c1n[nH]c2ccccc12. The van der Waals surface area contributed by atoms with Gasteiger partial charge in [-0.25, -0.2) is 9.55 Å². The number of H-pyrrole nitrogens is 1. The number of aryl methyl sites for hydroxylation is 1. The molecule has 2 aromatic heterocycles. The van der Waals surface area contributed by atoms with Crippen LogP contribution >= 0.6 is 11.6 Å². The van der Waals surface area contributed by atoms with E-state index in [2.05, 4.69) is 15.2 Å². The minimum Gasteiger partial charge on any atom is -0.276 e. The summed E-state index contributed by atoms with van der Waals surface area (Å²) in [5, 5.41) is 9.07. The van der Waals surface area contributed by atoms with Crippen LogP contribution in [0.2, 0.25) is 5.02 Å². The molecule has 0 radical (unpaired) electrons. The predicted octanol–water partition coefficient (Wildman–Crippen LogP) is 3.22. The predicted molar refractivity (Wildman–Crippen MR) is 86.7 cm³/mol. The van der Waals surface area contributed by atoms with E-state index >= 15 is 0 Å². The van der Waals surface area contributed by atoms with Crippen molar-refractivity contribution in [3.05, 3.63) is 63.7 Å². The Balaban J connectivity index is 2.13. The van der Waals surface area contributed by atoms with E-state index in [4.69, 9.17) is 11.6 Å². The largest absolute Gasteiger partial charge is 0.276 e. The third kappa shape index (κ3) is 1.83. The van der Waals surface area contributed by atoms with Crippen molar-refractivity contribution in [3.63, 3.8) is 0 Å². The Morgan fingerprint density at radius 1 is 1.14 bits per heavy atom. The summed E-state index contributed by atoms with van der Waals surface area (Å²) in [7, 11) is 0. The van der Waals surface area contributed by atoms with Crippen molar-refractivity contribution in [2.45, 2.75) is 6.92 Å². The summed E-state index contributed by atoms with van der Waals surface area (Å²) in [6.07, 6.45) is 0. The second kappa shape index (κ2) is 4.68. The second-order valence-corrected chi connectivity index (χ2v) is 5.49. The number of benzene rings is 2. The van der Waals surface area contributed by atoms with Crippen molar-refractivity contribution >= 4 is 33.4 Å². The zero-order chi connectivity index (χ0) is 15.3. The molecule has 0 atom stereocenters. The summed E-state index contributed by atoms with van der Waals surface area (Å²) in [5.74, 6) is 1.13. The molecule has 0 aliphatic carbocycles. The molecule has 2 aromatic carbocycles. The molecule has 4 rings (SSSR count). The van der Waals surface area contributed by atoms with Gasteiger partial charge in [0.1, 0.15) is 5.82 Å². The van der Waals surface area contributed by atoms with Crippen LogP contribution in [0.4, 0.5) is 0 Å². The molecule has 22 heavy (non-hydrogen) atoms. The highest BCUT2D eigenvalue weighted by Gasteiger charge is 2.14. The van der Waals surface area contributed by atoms with Crippen LogP contribution in [0.15, 0.2) is 47.3 Å². The van der Waals surface area contributed by atoms with E-state index in [9.17, 15) is 4.79 Å². The van der Waals surface area contributed by atoms with Crippen molar-refractivity contribution in [2.75, 3.05) is 0 Å². The standard InChI is InChI=1S/C16H11ClN4O/c1-9-18-13-7-6-10(17)8-12(13)16(22)21(9)15-11-4-2-3-5-14(11)19-20-15/h2-8H,1H3,(H,19,20). The Kier molecular flexibility index (Phi) is 2.77. The number of hydrogen-bond acceptors (Lipinski definition) is 3. The summed E-state index contributed by atoms with van der Waals surface area (Å²) >= 11 is 6.01. The van der Waals surface area contributed by atoms with Gasteiger partial charge in [-0.15, -0.1) is 0 Å². The molecular formula is C16H11ClN4O. The minimum absolute atomic E-state index is 0.178. The number of halogens is 1. The summed E-state index contributed by atoms with van der Waals surface area (Å²) in [6, 6.07) is 12.8. The molecule has 0 aliphatic heterocycles. The Labute approximate surface area is 130 Å². The molecule has 1 N–H and O–H groups in total. The fraction of sp³-hybridized carbons (Fsp3) is 0.0625. The monoisotopic (exact) mass is 310 g/mol. The highest BCUT2D eigenvalue weighted by molar-refractivity contribution is 6.31. The highest BCUT2D eigenvalue weighted by Crippen LogP contribution is 2.21. The third-order valence-electron chi connectivity index (χ3n) is 3.66. The summed E-state index contributed by atoms with van der Waals surface area (Å²) in [4.78, 5) is 17.3. The molecule has 0 aliphatic rings. The van der Waals surface area contributed by atoms with Gasteiger partial charge in [-0.3, -0.25) is 9.89 Å². The maximum atomic E-state index is 12.9. The van der Waals surface area contributed by atoms with Gasteiger partial charge in [0.05, 0.1) is 16.4 Å². The first-order valence-corrected chi connectivity index (χ1v) is 7.15. The molecule has 2 heterocycles. The van der Waals surface area contributed by atoms with Gasteiger partial charge in [-0.2, -0.15) is 5.10 Å². The number of hydrogen-bond donors (Lipinski definition) is 1. The Morgan fingerprint density at radius 3 is 2.82 bits per heavy atom. The van der Waals surface area contributed by atoms with E-state index in [1.807, 2.05) is 24.3 Å². The molecule has 0 saturated carbocycles. The highest BCUT2D eigenvalue weighted by atomic mass is 35.5. The molecule has 0 bridgehead atoms. The van der Waals surface area contributed by atoms with Crippen LogP contribution in [-0.4, -0.2) is 19.7 Å². The molecule has 4 aromatic rings. The van der Waals surface area contributed by atoms with Gasteiger partial charge in [0.25, 0.3) is 5.56 Å². The zero-order valence-corrected chi connectivity index (χ0v) is 12.4. The van der Waals surface area contributed by atoms with Crippen LogP contribution in [0.1, 0.15) is 5.82 Å². The van der Waals surface area contributed by atoms with E-state index in [0.717, 1.165) is 10.9 Å². The summed E-state index contributed by atoms with van der Waals surface area (Å²) < 4.78 is 1.51. The number of rotatable bonds is 1. The van der Waals surface area contributed by atoms with E-state index in [0.29, 0.717) is 27.6 Å². The van der Waals surface area contributed by atoms with Crippen molar-refractivity contribution in [1.29, 1.82) is 0 Å². The smallest absolute Gasteiger partial charge is 0.267 e. The van der Waals surface area contributed by atoms with Gasteiger partial charge < -0.3 is 0 Å². The Morgan fingerprint density at radius 2 is 1.95 bits per heavy atom. The van der Waals surface area contributed by atoms with E-state index in [1.54, 1.807) is 25.1 Å². The lowest BCUT2D eigenvalue weighted by molar-refractivity contribution is 0.858. The number of nitrogens with one attached hydrogen (secondary N) is 1. The van der Waals surface area contributed by atoms with Crippen LogP contribution < -0.4 is 5.56 Å². The molecule has 6 heteroatoms. The van der Waals surface area contributed by atoms with Crippen LogP contribution in [0.25, 0.3) is 27.6 Å². The van der Waals surface area contributed by atoms with Crippen molar-refractivity contribution in [1.82, 2.24) is 19.7 Å². The van der Waals surface area contributed by atoms with E-state index < -0.39 is 0 Å². The van der Waals surface area contributed by atoms with Crippen LogP contribution in [0, 0.1) is 6.92 Å². The first-order chi connectivity index (χ1) is 10.6. The first kappa shape index (κ1) is 13.0. The van der Waals surface area contributed by atoms with Crippen LogP contribution in [-0.2, 0) is 0 Å². The lowest BCUT2D eigenvalue weighted by Crippen LogP contribution is -2.22. The molecular weight excluding hydrogens is 300 g/mol. The van der Waals surface area contributed by atoms with E-state index in [1.165, 1.54) is 4.57 Å². The zero-order valence-electron chi connectivity index (χ0n) is 11.7. The maximum absolute atomic E-state index is 12.9. The average molecular weight is 311 g/mol. The van der Waals surface area contributed by atoms with Gasteiger partial charge in [-0.1, -0.05) is 23.7 Å². The molecule has 0 unspecified atom stereocenters. The third-order valence-corrected chi connectivity index (χ3v) is 3.90. The molecule has 0 saturated heterocycles. The lowest BCUT2D eigenvalue weighted by atomic mass is 10.2. The molecule has 108 valence electrons. The number of fused-ring (bicyclic) bond motifs is 2. The Bertz CT molecular complexity index is 1080. The van der Waals surface area contributed by atoms with Gasteiger partial charge in [0, 0.05) is 10.4 Å². The number of aromatic nitrogens is 4. The van der Waals surface area contributed by atoms with E-state index in [-0.39, 0.29) is 5.56 Å². The fourth-order valence-corrected chi connectivity index (χ4v) is 2.81. The van der Waals surface area contributed by atoms with Crippen LogP contribution in [0.3, 0.4) is 0 Å². The Hall–Kier alpha value is -2.66. The number of nitrogens with zero attached hydrogens (tertiary/aromatic N) is 3. The van der Waals surface area contributed by atoms with Crippen LogP contribution in [0.5, 0.6) is 0 Å². The topological polar surface area (TPSA) is 63.6 Å². The molecule has 0 amide bonds. The summed E-state index contributed by atoms with van der Waals surface area (Å²) in [6.45, 7) is 1.79. The molecule has 0 spiro atoms.